The number of anilines is 2. The van der Waals surface area contributed by atoms with Crippen molar-refractivity contribution in [3.63, 3.8) is 0 Å². The first kappa shape index (κ1) is 34.9. The van der Waals surface area contributed by atoms with Crippen LogP contribution >= 0.6 is 11.6 Å². The highest BCUT2D eigenvalue weighted by Crippen LogP contribution is 2.38. The summed E-state index contributed by atoms with van der Waals surface area (Å²) in [5.41, 5.74) is 5.49. The number of rotatable bonds is 6. The van der Waals surface area contributed by atoms with Crippen molar-refractivity contribution in [3.8, 4) is 5.75 Å². The molecule has 0 radical (unpaired) electrons. The van der Waals surface area contributed by atoms with Gasteiger partial charge in [-0.1, -0.05) is 11.6 Å². The van der Waals surface area contributed by atoms with Gasteiger partial charge in [0.15, 0.2) is 0 Å². The number of phenolic OH excluding ortho intramolecular Hbond substituents is 1. The molecule has 5 amide bonds. The Labute approximate surface area is 287 Å². The van der Waals surface area contributed by atoms with E-state index in [4.69, 9.17) is 22.1 Å². The third-order valence-corrected chi connectivity index (χ3v) is 10.3. The van der Waals surface area contributed by atoms with Gasteiger partial charge in [-0.3, -0.25) is 9.69 Å². The Hall–Kier alpha value is -3.95. The molecule has 16 heteroatoms. The monoisotopic (exact) mass is 707 g/mol. The van der Waals surface area contributed by atoms with Crippen LogP contribution in [0.1, 0.15) is 42.4 Å². The van der Waals surface area contributed by atoms with Gasteiger partial charge >= 0.3 is 18.2 Å². The number of hydrogen-bond donors (Lipinski definition) is 4. The maximum Gasteiger partial charge on any atom is 0.418 e. The van der Waals surface area contributed by atoms with Crippen LogP contribution in [0.15, 0.2) is 30.3 Å². The smallest absolute Gasteiger partial charge is 0.418 e. The van der Waals surface area contributed by atoms with Crippen LogP contribution in [0.2, 0.25) is 5.02 Å². The molecule has 4 heterocycles. The molecule has 4 aliphatic rings. The normalized spacial score (nSPS) is 20.5. The van der Waals surface area contributed by atoms with Crippen LogP contribution in [-0.4, -0.2) is 113 Å². The third kappa shape index (κ3) is 7.94. The first-order chi connectivity index (χ1) is 23.4. The lowest BCUT2D eigenvalue weighted by molar-refractivity contribution is -0.137. The van der Waals surface area contributed by atoms with Crippen LogP contribution < -0.4 is 16.4 Å². The Kier molecular flexibility index (Phi) is 10.3. The van der Waals surface area contributed by atoms with Gasteiger partial charge in [-0.2, -0.15) is 13.2 Å². The Morgan fingerprint density at radius 1 is 1.00 bits per heavy atom. The molecule has 0 aromatic heterocycles. The molecule has 6 rings (SSSR count). The van der Waals surface area contributed by atoms with E-state index in [1.807, 2.05) is 0 Å². The van der Waals surface area contributed by atoms with Gasteiger partial charge in [-0.05, 0) is 67.1 Å². The van der Waals surface area contributed by atoms with E-state index in [0.29, 0.717) is 83.6 Å². The molecule has 2 aromatic carbocycles. The Morgan fingerprint density at radius 2 is 1.69 bits per heavy atom. The minimum absolute atomic E-state index is 0.0996. The summed E-state index contributed by atoms with van der Waals surface area (Å²) < 4.78 is 46.8. The number of nitrogen functional groups attached to an aromatic ring is 1. The molecule has 0 unspecified atom stereocenters. The largest absolute Gasteiger partial charge is 0.508 e. The zero-order valence-corrected chi connectivity index (χ0v) is 27.7. The fraction of sp³-hybridized carbons (Fsp3) is 0.545. The van der Waals surface area contributed by atoms with E-state index in [2.05, 4.69) is 15.5 Å². The average Bonchev–Trinajstić information content (AvgIpc) is 3.09. The summed E-state index contributed by atoms with van der Waals surface area (Å²) in [6, 6.07) is 5.22. The molecule has 3 saturated heterocycles. The number of nitrogens with two attached hydrogens (primary N) is 1. The van der Waals surface area contributed by atoms with Gasteiger partial charge in [0, 0.05) is 83.2 Å². The second kappa shape index (κ2) is 14.5. The second-order valence-corrected chi connectivity index (χ2v) is 13.5. The van der Waals surface area contributed by atoms with Crippen molar-refractivity contribution < 1.29 is 37.4 Å². The Morgan fingerprint density at radius 3 is 2.37 bits per heavy atom. The molecule has 4 aliphatic heterocycles. The molecular weight excluding hydrogens is 667 g/mol. The molecule has 5 N–H and O–H groups in total. The topological polar surface area (TPSA) is 144 Å². The van der Waals surface area contributed by atoms with Gasteiger partial charge in [0.05, 0.1) is 16.3 Å². The van der Waals surface area contributed by atoms with Crippen molar-refractivity contribution in [2.24, 2.45) is 0 Å². The fourth-order valence-corrected chi connectivity index (χ4v) is 7.47. The van der Waals surface area contributed by atoms with Crippen molar-refractivity contribution in [3.05, 3.63) is 52.0 Å². The van der Waals surface area contributed by atoms with E-state index < -0.39 is 29.5 Å². The minimum atomic E-state index is -4.76. The number of carbonyl (C=O) groups excluding carboxylic acids is 3. The molecule has 0 saturated carbocycles. The molecule has 3 fully saturated rings. The zero-order valence-electron chi connectivity index (χ0n) is 27.0. The number of piperazine rings is 1. The number of nitrogens with one attached hydrogen (secondary N) is 2. The molecule has 12 nitrogen and oxygen atoms in total. The predicted octanol–water partition coefficient (Wildman–Crippen LogP) is 4.10. The summed E-state index contributed by atoms with van der Waals surface area (Å²) in [5, 5.41) is 15.3. The highest BCUT2D eigenvalue weighted by atomic mass is 35.5. The first-order valence-electron chi connectivity index (χ1n) is 16.6. The number of halogens is 4. The quantitative estimate of drug-likeness (QED) is 0.262. The zero-order chi connectivity index (χ0) is 34.9. The van der Waals surface area contributed by atoms with Gasteiger partial charge in [-0.25, -0.2) is 9.59 Å². The Balaban J connectivity index is 1.13. The van der Waals surface area contributed by atoms with E-state index in [0.717, 1.165) is 24.5 Å². The van der Waals surface area contributed by atoms with Crippen LogP contribution in [0.5, 0.6) is 5.75 Å². The van der Waals surface area contributed by atoms with Gasteiger partial charge < -0.3 is 40.9 Å². The van der Waals surface area contributed by atoms with Crippen molar-refractivity contribution >= 4 is 40.9 Å². The summed E-state index contributed by atoms with van der Waals surface area (Å²) in [7, 11) is 0. The molecule has 0 bridgehead atoms. The fourth-order valence-electron chi connectivity index (χ4n) is 7.23. The molecule has 266 valence electrons. The number of piperidine rings is 1. The lowest BCUT2D eigenvalue weighted by Gasteiger charge is -2.42. The summed E-state index contributed by atoms with van der Waals surface area (Å²) in [5.74, 6) is -0.286. The number of likely N-dealkylation sites (tertiary alicyclic amines) is 1. The summed E-state index contributed by atoms with van der Waals surface area (Å²) >= 11 is 6.10. The number of alkyl halides is 3. The van der Waals surface area contributed by atoms with E-state index in [9.17, 15) is 32.7 Å². The molecule has 49 heavy (non-hydrogen) atoms. The van der Waals surface area contributed by atoms with Crippen molar-refractivity contribution in [1.29, 1.82) is 0 Å². The van der Waals surface area contributed by atoms with Crippen molar-refractivity contribution in [2.45, 2.75) is 63.0 Å². The number of hydrogen-bond acceptors (Lipinski definition) is 7. The van der Waals surface area contributed by atoms with Crippen molar-refractivity contribution in [1.82, 2.24) is 24.9 Å². The summed E-state index contributed by atoms with van der Waals surface area (Å²) in [6.45, 7) is 4.43. The SMILES string of the molecule is Nc1c(Cl)cc(C[C@@H](NC(=O)N2CCC(N3Cc4cc(O)ccc4NC3=O)CC2)C(=O)N2CCN(C3CCOCC3)CC2)cc1C(F)(F)F. The van der Waals surface area contributed by atoms with E-state index in [1.54, 1.807) is 26.8 Å². The maximum atomic E-state index is 14.0. The van der Waals surface area contributed by atoms with Crippen LogP contribution in [0.4, 0.5) is 34.1 Å². The number of fused-ring (bicyclic) bond motifs is 1. The highest BCUT2D eigenvalue weighted by molar-refractivity contribution is 6.33. The number of urea groups is 2. The molecular formula is C33H41ClF3N7O5. The number of phenols is 1. The van der Waals surface area contributed by atoms with Gasteiger partial charge in [-0.15, -0.1) is 0 Å². The van der Waals surface area contributed by atoms with Crippen LogP contribution in [0.3, 0.4) is 0 Å². The highest BCUT2D eigenvalue weighted by Gasteiger charge is 2.37. The summed E-state index contributed by atoms with van der Waals surface area (Å²) in [4.78, 5) is 47.7. The first-order valence-corrected chi connectivity index (χ1v) is 17.0. The van der Waals surface area contributed by atoms with Crippen LogP contribution in [0.25, 0.3) is 0 Å². The number of amides is 5. The molecule has 0 spiro atoms. The van der Waals surface area contributed by atoms with Gasteiger partial charge in [0.25, 0.3) is 0 Å². The summed E-state index contributed by atoms with van der Waals surface area (Å²) in [6.07, 6.45) is -2.19. The van der Waals surface area contributed by atoms with E-state index in [-0.39, 0.29) is 40.7 Å². The van der Waals surface area contributed by atoms with Crippen molar-refractivity contribution in [2.75, 3.05) is 63.5 Å². The van der Waals surface area contributed by atoms with Gasteiger partial charge in [0.1, 0.15) is 11.8 Å². The molecule has 2 aromatic rings. The number of aromatic hydroxyl groups is 1. The number of benzene rings is 2. The van der Waals surface area contributed by atoms with Crippen LogP contribution in [-0.2, 0) is 28.7 Å². The molecule has 0 aliphatic carbocycles. The standard InChI is InChI=1S/C33H41ClF3N7O5/c34-26-16-20(15-25(29(26)38)33(35,36)37)17-28(30(46)42-11-9-41(10-12-42)22-5-13-49-14-6-22)40-31(47)43-7-3-23(4-8-43)44-19-21-18-24(45)1-2-27(21)39-32(44)48/h1-2,15-16,18,22-23,28,45H,3-14,17,19,38H2,(H,39,48)(H,40,47)/t28-/m1/s1. The van der Waals surface area contributed by atoms with Gasteiger partial charge in [0.2, 0.25) is 5.91 Å². The lowest BCUT2D eigenvalue weighted by atomic mass is 9.99. The average molecular weight is 708 g/mol. The second-order valence-electron chi connectivity index (χ2n) is 13.1. The minimum Gasteiger partial charge on any atom is -0.508 e. The molecule has 1 atom stereocenters. The third-order valence-electron chi connectivity index (χ3n) is 9.99. The number of carbonyl (C=O) groups is 3. The lowest BCUT2D eigenvalue weighted by Crippen LogP contribution is -2.59. The number of nitrogens with zero attached hydrogens (tertiary/aromatic N) is 4. The Bertz CT molecular complexity index is 1560. The van der Waals surface area contributed by atoms with Crippen LogP contribution in [0, 0.1) is 0 Å². The maximum absolute atomic E-state index is 14.0. The van der Waals surface area contributed by atoms with E-state index in [1.165, 1.54) is 12.1 Å². The van der Waals surface area contributed by atoms with E-state index >= 15 is 0 Å². The number of ether oxygens (including phenoxy) is 1. The predicted molar refractivity (Wildman–Crippen MR) is 176 cm³/mol.